The summed E-state index contributed by atoms with van der Waals surface area (Å²) in [6.07, 6.45) is 1.71. The molecule has 0 radical (unpaired) electrons. The first-order chi connectivity index (χ1) is 11.0. The Morgan fingerprint density at radius 3 is 2.74 bits per heavy atom. The molecule has 120 valence electrons. The lowest BCUT2D eigenvalue weighted by Gasteiger charge is -2.09. The SMILES string of the molecule is Cc1cc(CNC(=O)Cn2nccc2C)c2[nH]c(C)c(C)c2c1. The quantitative estimate of drug-likeness (QED) is 0.778. The first kappa shape index (κ1) is 15.3. The van der Waals surface area contributed by atoms with E-state index in [1.807, 2.05) is 13.0 Å². The Hall–Kier alpha value is -2.56. The smallest absolute Gasteiger partial charge is 0.242 e. The minimum Gasteiger partial charge on any atom is -0.358 e. The molecular formula is C18H22N4O. The third-order valence-electron chi connectivity index (χ3n) is 4.34. The molecule has 0 aliphatic rings. The van der Waals surface area contributed by atoms with Gasteiger partial charge in [-0.05, 0) is 51.0 Å². The van der Waals surface area contributed by atoms with Crippen molar-refractivity contribution in [1.82, 2.24) is 20.1 Å². The van der Waals surface area contributed by atoms with E-state index in [0.29, 0.717) is 6.54 Å². The lowest BCUT2D eigenvalue weighted by atomic mass is 10.0. The van der Waals surface area contributed by atoms with Crippen molar-refractivity contribution in [2.24, 2.45) is 0 Å². The van der Waals surface area contributed by atoms with Crippen molar-refractivity contribution in [3.8, 4) is 0 Å². The number of nitrogens with one attached hydrogen (secondary N) is 2. The predicted octanol–water partition coefficient (Wildman–Crippen LogP) is 2.91. The van der Waals surface area contributed by atoms with Crippen molar-refractivity contribution >= 4 is 16.8 Å². The molecule has 23 heavy (non-hydrogen) atoms. The average Bonchev–Trinajstić information content (AvgIpc) is 3.02. The van der Waals surface area contributed by atoms with Gasteiger partial charge in [0.2, 0.25) is 5.91 Å². The number of carbonyl (C=O) groups excluding carboxylic acids is 1. The van der Waals surface area contributed by atoms with Gasteiger partial charge in [-0.1, -0.05) is 11.6 Å². The van der Waals surface area contributed by atoms with Crippen LogP contribution in [0.3, 0.4) is 0 Å². The topological polar surface area (TPSA) is 62.7 Å². The number of fused-ring (bicyclic) bond motifs is 1. The van der Waals surface area contributed by atoms with Crippen molar-refractivity contribution in [3.63, 3.8) is 0 Å². The number of hydrogen-bond donors (Lipinski definition) is 2. The predicted molar refractivity (Wildman–Crippen MR) is 91.3 cm³/mol. The maximum atomic E-state index is 12.1. The van der Waals surface area contributed by atoms with E-state index in [0.717, 1.165) is 16.8 Å². The molecule has 2 aromatic heterocycles. The zero-order valence-electron chi connectivity index (χ0n) is 14.0. The van der Waals surface area contributed by atoms with Crippen LogP contribution in [0.5, 0.6) is 0 Å². The van der Waals surface area contributed by atoms with Crippen molar-refractivity contribution in [2.75, 3.05) is 0 Å². The minimum atomic E-state index is -0.0357. The average molecular weight is 310 g/mol. The summed E-state index contributed by atoms with van der Waals surface area (Å²) < 4.78 is 1.70. The van der Waals surface area contributed by atoms with Gasteiger partial charge in [0.1, 0.15) is 6.54 Å². The molecule has 0 fully saturated rings. The van der Waals surface area contributed by atoms with Crippen LogP contribution in [0.2, 0.25) is 0 Å². The number of aromatic nitrogens is 3. The van der Waals surface area contributed by atoms with Crippen LogP contribution in [0.25, 0.3) is 10.9 Å². The third-order valence-corrected chi connectivity index (χ3v) is 4.34. The Balaban J connectivity index is 1.78. The number of hydrogen-bond acceptors (Lipinski definition) is 2. The number of aryl methyl sites for hydroxylation is 4. The lowest BCUT2D eigenvalue weighted by Crippen LogP contribution is -2.28. The largest absolute Gasteiger partial charge is 0.358 e. The Kier molecular flexibility index (Phi) is 3.94. The van der Waals surface area contributed by atoms with Gasteiger partial charge in [0.15, 0.2) is 0 Å². The van der Waals surface area contributed by atoms with Gasteiger partial charge in [-0.2, -0.15) is 5.10 Å². The maximum absolute atomic E-state index is 12.1. The summed E-state index contributed by atoms with van der Waals surface area (Å²) in [5, 5.41) is 8.36. The second kappa shape index (κ2) is 5.91. The number of rotatable bonds is 4. The molecule has 0 aliphatic carbocycles. The van der Waals surface area contributed by atoms with Crippen molar-refractivity contribution in [3.05, 3.63) is 52.5 Å². The van der Waals surface area contributed by atoms with Gasteiger partial charge in [-0.25, -0.2) is 0 Å². The molecule has 1 amide bonds. The molecule has 0 saturated heterocycles. The second-order valence-electron chi connectivity index (χ2n) is 6.13. The number of carbonyl (C=O) groups is 1. The molecule has 3 rings (SSSR count). The number of aromatic amines is 1. The summed E-state index contributed by atoms with van der Waals surface area (Å²) >= 11 is 0. The minimum absolute atomic E-state index is 0.0357. The number of nitrogens with zero attached hydrogens (tertiary/aromatic N) is 2. The summed E-state index contributed by atoms with van der Waals surface area (Å²) in [4.78, 5) is 15.6. The fourth-order valence-electron chi connectivity index (χ4n) is 2.88. The van der Waals surface area contributed by atoms with E-state index in [2.05, 4.69) is 48.3 Å². The molecule has 0 saturated carbocycles. The van der Waals surface area contributed by atoms with Crippen molar-refractivity contribution in [2.45, 2.75) is 40.8 Å². The molecule has 1 aromatic carbocycles. The maximum Gasteiger partial charge on any atom is 0.242 e. The standard InChI is InChI=1S/C18H22N4O/c1-11-7-15(18-16(8-11)13(3)14(4)21-18)9-19-17(23)10-22-12(2)5-6-20-22/h5-8,21H,9-10H2,1-4H3,(H,19,23). The van der Waals surface area contributed by atoms with Crippen LogP contribution < -0.4 is 5.32 Å². The zero-order chi connectivity index (χ0) is 16.6. The van der Waals surface area contributed by atoms with E-state index in [-0.39, 0.29) is 12.5 Å². The normalized spacial score (nSPS) is 11.1. The van der Waals surface area contributed by atoms with Crippen LogP contribution in [0, 0.1) is 27.7 Å². The van der Waals surface area contributed by atoms with E-state index >= 15 is 0 Å². The lowest BCUT2D eigenvalue weighted by molar-refractivity contribution is -0.122. The number of amides is 1. The highest BCUT2D eigenvalue weighted by Crippen LogP contribution is 2.25. The van der Waals surface area contributed by atoms with Gasteiger partial charge in [0.25, 0.3) is 0 Å². The highest BCUT2D eigenvalue weighted by Gasteiger charge is 2.11. The number of H-pyrrole nitrogens is 1. The molecule has 2 heterocycles. The Morgan fingerprint density at radius 1 is 1.26 bits per heavy atom. The van der Waals surface area contributed by atoms with Crippen LogP contribution in [-0.2, 0) is 17.9 Å². The van der Waals surface area contributed by atoms with Gasteiger partial charge in [-0.15, -0.1) is 0 Å². The van der Waals surface area contributed by atoms with E-state index in [9.17, 15) is 4.79 Å². The van der Waals surface area contributed by atoms with E-state index in [4.69, 9.17) is 0 Å². The van der Waals surface area contributed by atoms with Crippen LogP contribution in [0.4, 0.5) is 0 Å². The first-order valence-corrected chi connectivity index (χ1v) is 7.79. The second-order valence-corrected chi connectivity index (χ2v) is 6.13. The van der Waals surface area contributed by atoms with E-state index in [1.165, 1.54) is 22.2 Å². The van der Waals surface area contributed by atoms with Gasteiger partial charge in [0, 0.05) is 29.5 Å². The van der Waals surface area contributed by atoms with Crippen LogP contribution >= 0.6 is 0 Å². The molecule has 0 bridgehead atoms. The zero-order valence-corrected chi connectivity index (χ0v) is 14.0. The van der Waals surface area contributed by atoms with Crippen LogP contribution in [0.15, 0.2) is 24.4 Å². The summed E-state index contributed by atoms with van der Waals surface area (Å²) in [5.74, 6) is -0.0357. The summed E-state index contributed by atoms with van der Waals surface area (Å²) in [7, 11) is 0. The van der Waals surface area contributed by atoms with Crippen LogP contribution in [-0.4, -0.2) is 20.7 Å². The first-order valence-electron chi connectivity index (χ1n) is 7.79. The summed E-state index contributed by atoms with van der Waals surface area (Å²) in [5.41, 5.74) is 6.84. The van der Waals surface area contributed by atoms with Gasteiger partial charge in [0.05, 0.1) is 5.52 Å². The van der Waals surface area contributed by atoms with Crippen molar-refractivity contribution in [1.29, 1.82) is 0 Å². The number of benzene rings is 1. The molecule has 5 heteroatoms. The Bertz CT molecular complexity index is 873. The van der Waals surface area contributed by atoms with Crippen LogP contribution in [0.1, 0.15) is 28.1 Å². The highest BCUT2D eigenvalue weighted by molar-refractivity contribution is 5.88. The molecule has 0 spiro atoms. The highest BCUT2D eigenvalue weighted by atomic mass is 16.2. The Morgan fingerprint density at radius 2 is 2.04 bits per heavy atom. The summed E-state index contributed by atoms with van der Waals surface area (Å²) in [6, 6.07) is 6.20. The molecule has 5 nitrogen and oxygen atoms in total. The van der Waals surface area contributed by atoms with Gasteiger partial charge >= 0.3 is 0 Å². The fourth-order valence-corrected chi connectivity index (χ4v) is 2.88. The van der Waals surface area contributed by atoms with Gasteiger partial charge < -0.3 is 10.3 Å². The molecule has 3 aromatic rings. The van der Waals surface area contributed by atoms with E-state index in [1.54, 1.807) is 10.9 Å². The van der Waals surface area contributed by atoms with Crippen molar-refractivity contribution < 1.29 is 4.79 Å². The monoisotopic (exact) mass is 310 g/mol. The molecule has 0 unspecified atom stereocenters. The molecular weight excluding hydrogens is 288 g/mol. The third kappa shape index (κ3) is 2.99. The molecule has 0 aliphatic heterocycles. The van der Waals surface area contributed by atoms with E-state index < -0.39 is 0 Å². The molecule has 2 N–H and O–H groups in total. The van der Waals surface area contributed by atoms with Gasteiger partial charge in [-0.3, -0.25) is 9.48 Å². The molecule has 0 atom stereocenters. The Labute approximate surface area is 135 Å². The summed E-state index contributed by atoms with van der Waals surface area (Å²) in [6.45, 7) is 8.98. The fraction of sp³-hybridized carbons (Fsp3) is 0.333.